The van der Waals surface area contributed by atoms with Crippen molar-refractivity contribution in [2.45, 2.75) is 43.4 Å². The third-order valence-corrected chi connectivity index (χ3v) is 6.88. The van der Waals surface area contributed by atoms with Crippen LogP contribution in [0.3, 0.4) is 0 Å². The van der Waals surface area contributed by atoms with E-state index in [9.17, 15) is 18.0 Å². The highest BCUT2D eigenvalue weighted by Gasteiger charge is 2.48. The highest BCUT2D eigenvalue weighted by molar-refractivity contribution is 7.90. The van der Waals surface area contributed by atoms with Crippen molar-refractivity contribution in [3.63, 3.8) is 0 Å². The second kappa shape index (κ2) is 5.73. The molecule has 0 saturated heterocycles. The molecule has 8 nitrogen and oxygen atoms in total. The predicted octanol–water partition coefficient (Wildman–Crippen LogP) is 2.75. The fraction of sp³-hybridized carbons (Fsp3) is 0.300. The first-order valence-electron chi connectivity index (χ1n) is 9.22. The molecule has 2 amide bonds. The van der Waals surface area contributed by atoms with Crippen LogP contribution in [-0.2, 0) is 10.0 Å². The lowest BCUT2D eigenvalue weighted by Crippen LogP contribution is -2.31. The first kappa shape index (κ1) is 18.0. The standard InChI is InChI=1S/C20H18N2O6S/c1-20(2)27-15-8-4-12(10-16(15)28-20)21-18(23)11-3-7-14-17(9-11)29(25,26)22(19(14)24)13-5-6-13/h3-4,7-10,13H,5-6H2,1-2H3,(H,21,23). The summed E-state index contributed by atoms with van der Waals surface area (Å²) in [5.41, 5.74) is 0.739. The van der Waals surface area contributed by atoms with Gasteiger partial charge in [0, 0.05) is 37.2 Å². The number of anilines is 1. The zero-order valence-electron chi connectivity index (χ0n) is 15.8. The van der Waals surface area contributed by atoms with Gasteiger partial charge in [-0.05, 0) is 43.2 Å². The lowest BCUT2D eigenvalue weighted by molar-refractivity contribution is -0.0431. The van der Waals surface area contributed by atoms with E-state index in [1.165, 1.54) is 18.2 Å². The summed E-state index contributed by atoms with van der Waals surface area (Å²) >= 11 is 0. The molecule has 0 radical (unpaired) electrons. The van der Waals surface area contributed by atoms with E-state index in [1.54, 1.807) is 32.0 Å². The molecule has 0 spiro atoms. The lowest BCUT2D eigenvalue weighted by atomic mass is 10.1. The van der Waals surface area contributed by atoms with Crippen LogP contribution < -0.4 is 14.8 Å². The van der Waals surface area contributed by atoms with Gasteiger partial charge in [-0.2, -0.15) is 0 Å². The summed E-state index contributed by atoms with van der Waals surface area (Å²) in [4.78, 5) is 25.0. The third-order valence-electron chi connectivity index (χ3n) is 5.00. The fourth-order valence-electron chi connectivity index (χ4n) is 3.56. The Morgan fingerprint density at radius 1 is 1.10 bits per heavy atom. The lowest BCUT2D eigenvalue weighted by Gasteiger charge is -2.16. The Morgan fingerprint density at radius 2 is 1.83 bits per heavy atom. The Morgan fingerprint density at radius 3 is 2.55 bits per heavy atom. The number of rotatable bonds is 3. The molecule has 5 rings (SSSR count). The maximum absolute atomic E-state index is 12.7. The van der Waals surface area contributed by atoms with Gasteiger partial charge in [-0.1, -0.05) is 0 Å². The zero-order chi connectivity index (χ0) is 20.6. The average molecular weight is 414 g/mol. The number of nitrogens with one attached hydrogen (secondary N) is 1. The van der Waals surface area contributed by atoms with Crippen molar-refractivity contribution < 1.29 is 27.5 Å². The van der Waals surface area contributed by atoms with Crippen molar-refractivity contribution in [3.8, 4) is 11.5 Å². The van der Waals surface area contributed by atoms with Crippen LogP contribution in [0.2, 0.25) is 0 Å². The normalized spacial score (nSPS) is 20.5. The van der Waals surface area contributed by atoms with Gasteiger partial charge < -0.3 is 14.8 Å². The van der Waals surface area contributed by atoms with Crippen LogP contribution in [0.15, 0.2) is 41.3 Å². The minimum atomic E-state index is -3.91. The zero-order valence-corrected chi connectivity index (χ0v) is 16.6. The Bertz CT molecular complexity index is 1180. The molecule has 0 unspecified atom stereocenters. The molecule has 3 aliphatic rings. The summed E-state index contributed by atoms with van der Waals surface area (Å²) < 4.78 is 37.7. The van der Waals surface area contributed by atoms with Crippen LogP contribution in [-0.4, -0.2) is 36.4 Å². The van der Waals surface area contributed by atoms with Gasteiger partial charge in [0.15, 0.2) is 11.5 Å². The molecule has 0 atom stereocenters. The van der Waals surface area contributed by atoms with Gasteiger partial charge in [-0.3, -0.25) is 9.59 Å². The van der Waals surface area contributed by atoms with Crippen molar-refractivity contribution in [2.24, 2.45) is 0 Å². The van der Waals surface area contributed by atoms with Gasteiger partial charge in [0.25, 0.3) is 21.8 Å². The summed E-state index contributed by atoms with van der Waals surface area (Å²) in [6, 6.07) is 8.85. The van der Waals surface area contributed by atoms with E-state index >= 15 is 0 Å². The van der Waals surface area contributed by atoms with E-state index < -0.39 is 27.6 Å². The molecule has 2 heterocycles. The number of hydrogen-bond donors (Lipinski definition) is 1. The van der Waals surface area contributed by atoms with Crippen LogP contribution in [0, 0.1) is 0 Å². The van der Waals surface area contributed by atoms with Gasteiger partial charge in [0.1, 0.15) is 4.90 Å². The molecule has 0 aromatic heterocycles. The molecule has 2 aromatic carbocycles. The number of fused-ring (bicyclic) bond motifs is 2. The summed E-state index contributed by atoms with van der Waals surface area (Å²) in [6.07, 6.45) is 1.35. The van der Waals surface area contributed by atoms with Gasteiger partial charge in [-0.25, -0.2) is 12.7 Å². The molecule has 29 heavy (non-hydrogen) atoms. The van der Waals surface area contributed by atoms with Gasteiger partial charge >= 0.3 is 0 Å². The average Bonchev–Trinajstić information content (AvgIpc) is 3.38. The Labute approximate surface area is 167 Å². The molecular weight excluding hydrogens is 396 g/mol. The predicted molar refractivity (Wildman–Crippen MR) is 103 cm³/mol. The van der Waals surface area contributed by atoms with Crippen molar-refractivity contribution in [1.29, 1.82) is 0 Å². The SMILES string of the molecule is CC1(C)Oc2ccc(NC(=O)c3ccc4c(c3)S(=O)(=O)N(C3CC3)C4=O)cc2O1. The molecule has 1 aliphatic carbocycles. The van der Waals surface area contributed by atoms with Gasteiger partial charge in [0.2, 0.25) is 5.79 Å². The molecule has 150 valence electrons. The number of benzene rings is 2. The van der Waals surface area contributed by atoms with Gasteiger partial charge in [-0.15, -0.1) is 0 Å². The van der Waals surface area contributed by atoms with E-state index in [2.05, 4.69) is 5.32 Å². The van der Waals surface area contributed by atoms with Crippen LogP contribution in [0.5, 0.6) is 11.5 Å². The molecule has 1 fully saturated rings. The van der Waals surface area contributed by atoms with Crippen molar-refractivity contribution in [1.82, 2.24) is 4.31 Å². The first-order chi connectivity index (χ1) is 13.7. The van der Waals surface area contributed by atoms with Crippen LogP contribution in [0.25, 0.3) is 0 Å². The number of sulfonamides is 1. The minimum Gasteiger partial charge on any atom is -0.449 e. The van der Waals surface area contributed by atoms with Crippen molar-refractivity contribution in [3.05, 3.63) is 47.5 Å². The van der Waals surface area contributed by atoms with E-state index in [4.69, 9.17) is 9.47 Å². The molecular formula is C20H18N2O6S. The quantitative estimate of drug-likeness (QED) is 0.829. The van der Waals surface area contributed by atoms with Crippen LogP contribution in [0.4, 0.5) is 5.69 Å². The maximum Gasteiger partial charge on any atom is 0.269 e. The van der Waals surface area contributed by atoms with Crippen molar-refractivity contribution in [2.75, 3.05) is 5.32 Å². The van der Waals surface area contributed by atoms with Crippen LogP contribution >= 0.6 is 0 Å². The van der Waals surface area contributed by atoms with E-state index in [0.717, 1.165) is 4.31 Å². The van der Waals surface area contributed by atoms with E-state index in [1.807, 2.05) is 0 Å². The maximum atomic E-state index is 12.7. The molecule has 0 bridgehead atoms. The topological polar surface area (TPSA) is 102 Å². The second-order valence-electron chi connectivity index (χ2n) is 7.77. The summed E-state index contributed by atoms with van der Waals surface area (Å²) in [6.45, 7) is 3.56. The first-order valence-corrected chi connectivity index (χ1v) is 10.7. The molecule has 9 heteroatoms. The monoisotopic (exact) mass is 414 g/mol. The number of nitrogens with zero attached hydrogens (tertiary/aromatic N) is 1. The smallest absolute Gasteiger partial charge is 0.269 e. The Hall–Kier alpha value is -3.07. The molecule has 2 aromatic rings. The number of amides is 2. The van der Waals surface area contributed by atoms with Crippen LogP contribution in [0.1, 0.15) is 47.4 Å². The highest BCUT2D eigenvalue weighted by Crippen LogP contribution is 2.41. The second-order valence-corrected chi connectivity index (χ2v) is 9.55. The summed E-state index contributed by atoms with van der Waals surface area (Å²) in [7, 11) is -3.91. The Balaban J connectivity index is 1.42. The minimum absolute atomic E-state index is 0.110. The van der Waals surface area contributed by atoms with Gasteiger partial charge in [0.05, 0.1) is 5.56 Å². The summed E-state index contributed by atoms with van der Waals surface area (Å²) in [5.74, 6) is -0.698. The highest BCUT2D eigenvalue weighted by atomic mass is 32.2. The molecule has 2 aliphatic heterocycles. The van der Waals surface area contributed by atoms with E-state index in [0.29, 0.717) is 30.0 Å². The number of carbonyl (C=O) groups is 2. The third kappa shape index (κ3) is 2.84. The Kier molecular flexibility index (Phi) is 3.55. The van der Waals surface area contributed by atoms with Crippen molar-refractivity contribution >= 4 is 27.5 Å². The number of ether oxygens (including phenoxy) is 2. The van der Waals surface area contributed by atoms with E-state index in [-0.39, 0.29) is 22.1 Å². The fourth-order valence-corrected chi connectivity index (χ4v) is 5.40. The number of hydrogen-bond acceptors (Lipinski definition) is 6. The largest absolute Gasteiger partial charge is 0.449 e. The summed E-state index contributed by atoms with van der Waals surface area (Å²) in [5, 5.41) is 2.72. The molecule has 1 N–H and O–H groups in total. The number of carbonyl (C=O) groups excluding carboxylic acids is 2. The molecule has 1 saturated carbocycles.